The van der Waals surface area contributed by atoms with Crippen LogP contribution >= 0.6 is 0 Å². The number of hydrogen-bond donors (Lipinski definition) is 2. The van der Waals surface area contributed by atoms with E-state index in [0.717, 1.165) is 58.2 Å². The Morgan fingerprint density at radius 3 is 2.77 bits per heavy atom. The van der Waals surface area contributed by atoms with E-state index in [-0.39, 0.29) is 29.1 Å². The van der Waals surface area contributed by atoms with Crippen LogP contribution in [0, 0.1) is 5.92 Å². The minimum absolute atomic E-state index is 0.0537. The van der Waals surface area contributed by atoms with E-state index in [1.165, 1.54) is 11.7 Å². The first-order valence-electron chi connectivity index (χ1n) is 10.7. The van der Waals surface area contributed by atoms with Gasteiger partial charge in [0.05, 0.1) is 19.6 Å². The maximum Gasteiger partial charge on any atom is 0.327 e. The van der Waals surface area contributed by atoms with E-state index < -0.39 is 5.56 Å². The number of hydrogen-bond acceptors (Lipinski definition) is 7. The molecule has 1 aliphatic rings. The van der Waals surface area contributed by atoms with Gasteiger partial charge in [-0.25, -0.2) is 4.79 Å². The number of carbonyl (C=O) groups excluding carboxylic acids is 1. The summed E-state index contributed by atoms with van der Waals surface area (Å²) in [6.45, 7) is 5.50. The molecule has 0 radical (unpaired) electrons. The Morgan fingerprint density at radius 2 is 2.00 bits per heavy atom. The first-order valence-corrected chi connectivity index (χ1v) is 10.7. The fraction of sp³-hybridized carbons (Fsp3) is 0.700. The highest BCUT2D eigenvalue weighted by atomic mass is 16.5. The second-order valence-corrected chi connectivity index (χ2v) is 7.72. The van der Waals surface area contributed by atoms with Crippen LogP contribution < -0.4 is 16.0 Å². The van der Waals surface area contributed by atoms with E-state index >= 15 is 0 Å². The molecule has 0 spiro atoms. The number of carbonyl (C=O) groups is 1. The smallest absolute Gasteiger partial charge is 0.327 e. The molecule has 1 saturated heterocycles. The number of rotatable bonds is 10. The summed E-state index contributed by atoms with van der Waals surface area (Å²) in [5.41, 5.74) is -0.277. The summed E-state index contributed by atoms with van der Waals surface area (Å²) in [6, 6.07) is 0.135. The number of aromatic nitrogens is 4. The molecule has 166 valence electrons. The molecule has 2 N–H and O–H groups in total. The number of nitrogens with zero attached hydrogens (tertiary/aromatic N) is 3. The van der Waals surface area contributed by atoms with Crippen LogP contribution in [0.1, 0.15) is 45.4 Å². The average molecular weight is 421 g/mol. The third kappa shape index (κ3) is 5.29. The number of methoxy groups -OCH3 is 1. The van der Waals surface area contributed by atoms with Crippen LogP contribution in [0.4, 0.5) is 0 Å². The summed E-state index contributed by atoms with van der Waals surface area (Å²) in [5.74, 6) is -0.194. The molecule has 1 unspecified atom stereocenters. The maximum absolute atomic E-state index is 12.3. The van der Waals surface area contributed by atoms with Crippen LogP contribution in [0.15, 0.2) is 9.59 Å². The Hall–Kier alpha value is -2.62. The molecule has 1 aliphatic heterocycles. The SMILES string of the molecule is CCCCOc1nc2c([nH]c(=O)n2CCCCN2CCCC(C(=O)OC)C2)c(=O)[nH]1. The van der Waals surface area contributed by atoms with Crippen molar-refractivity contribution in [2.75, 3.05) is 33.4 Å². The summed E-state index contributed by atoms with van der Waals surface area (Å²) in [4.78, 5) is 48.1. The highest BCUT2D eigenvalue weighted by Crippen LogP contribution is 2.18. The highest BCUT2D eigenvalue weighted by Gasteiger charge is 2.26. The van der Waals surface area contributed by atoms with Gasteiger partial charge in [0, 0.05) is 13.1 Å². The Bertz CT molecular complexity index is 963. The van der Waals surface area contributed by atoms with Crippen LogP contribution in [-0.2, 0) is 16.1 Å². The lowest BCUT2D eigenvalue weighted by atomic mass is 9.98. The van der Waals surface area contributed by atoms with Gasteiger partial charge in [-0.2, -0.15) is 4.98 Å². The molecule has 10 heteroatoms. The lowest BCUT2D eigenvalue weighted by Gasteiger charge is -2.31. The van der Waals surface area contributed by atoms with E-state index in [0.29, 0.717) is 18.8 Å². The van der Waals surface area contributed by atoms with Gasteiger partial charge in [0.1, 0.15) is 0 Å². The number of piperidine rings is 1. The Labute approximate surface area is 174 Å². The molecular weight excluding hydrogens is 390 g/mol. The molecular formula is C20H31N5O5. The molecule has 3 heterocycles. The normalized spacial score (nSPS) is 17.3. The Balaban J connectivity index is 1.59. The van der Waals surface area contributed by atoms with Gasteiger partial charge < -0.3 is 14.4 Å². The fourth-order valence-corrected chi connectivity index (χ4v) is 3.83. The van der Waals surface area contributed by atoms with E-state index in [1.807, 2.05) is 6.92 Å². The number of unbranched alkanes of at least 4 members (excludes halogenated alkanes) is 2. The van der Waals surface area contributed by atoms with Crippen molar-refractivity contribution in [2.24, 2.45) is 5.92 Å². The average Bonchev–Trinajstić information content (AvgIpc) is 3.07. The second kappa shape index (κ2) is 10.4. The summed E-state index contributed by atoms with van der Waals surface area (Å²) in [5, 5.41) is 0. The van der Waals surface area contributed by atoms with Gasteiger partial charge in [-0.05, 0) is 45.2 Å². The number of likely N-dealkylation sites (tertiary alicyclic amines) is 1. The van der Waals surface area contributed by atoms with Gasteiger partial charge in [0.25, 0.3) is 11.6 Å². The van der Waals surface area contributed by atoms with Crippen molar-refractivity contribution in [3.8, 4) is 6.01 Å². The summed E-state index contributed by atoms with van der Waals surface area (Å²) in [6.07, 6.45) is 5.31. The molecule has 0 bridgehead atoms. The number of esters is 1. The molecule has 10 nitrogen and oxygen atoms in total. The van der Waals surface area contributed by atoms with Gasteiger partial charge in [0.2, 0.25) is 0 Å². The number of imidazole rings is 1. The number of ether oxygens (including phenoxy) is 2. The predicted molar refractivity (Wildman–Crippen MR) is 112 cm³/mol. The third-order valence-corrected chi connectivity index (χ3v) is 5.49. The number of aromatic amines is 2. The van der Waals surface area contributed by atoms with E-state index in [1.54, 1.807) is 0 Å². The van der Waals surface area contributed by atoms with Gasteiger partial charge in [0.15, 0.2) is 11.2 Å². The molecule has 1 atom stereocenters. The van der Waals surface area contributed by atoms with Crippen LogP contribution in [0.5, 0.6) is 6.01 Å². The van der Waals surface area contributed by atoms with E-state index in [2.05, 4.69) is 19.9 Å². The van der Waals surface area contributed by atoms with Gasteiger partial charge in [-0.3, -0.25) is 24.1 Å². The molecule has 30 heavy (non-hydrogen) atoms. The van der Waals surface area contributed by atoms with Crippen molar-refractivity contribution in [1.82, 2.24) is 24.4 Å². The zero-order valence-corrected chi connectivity index (χ0v) is 17.7. The standard InChI is InChI=1S/C20H31N5O5/c1-3-4-12-30-19-22-16-15(17(26)23-19)21-20(28)25(16)11-6-5-9-24-10-7-8-14(13-24)18(27)29-2/h14H,3-13H2,1-2H3,(H,21,28)(H,22,23,26). The number of fused-ring (bicyclic) bond motifs is 1. The van der Waals surface area contributed by atoms with Crippen molar-refractivity contribution in [3.05, 3.63) is 20.8 Å². The zero-order chi connectivity index (χ0) is 21.5. The third-order valence-electron chi connectivity index (χ3n) is 5.49. The quantitative estimate of drug-likeness (QED) is 0.437. The van der Waals surface area contributed by atoms with Crippen molar-refractivity contribution in [1.29, 1.82) is 0 Å². The van der Waals surface area contributed by atoms with Gasteiger partial charge in [-0.15, -0.1) is 0 Å². The van der Waals surface area contributed by atoms with E-state index in [4.69, 9.17) is 9.47 Å². The molecule has 0 aliphatic carbocycles. The molecule has 2 aromatic heterocycles. The maximum atomic E-state index is 12.3. The lowest BCUT2D eigenvalue weighted by molar-refractivity contribution is -0.147. The Morgan fingerprint density at radius 1 is 1.20 bits per heavy atom. The van der Waals surface area contributed by atoms with Crippen molar-refractivity contribution < 1.29 is 14.3 Å². The molecule has 0 saturated carbocycles. The molecule has 3 rings (SSSR count). The molecule has 1 fully saturated rings. The fourth-order valence-electron chi connectivity index (χ4n) is 3.83. The van der Waals surface area contributed by atoms with Gasteiger partial charge in [-0.1, -0.05) is 13.3 Å². The second-order valence-electron chi connectivity index (χ2n) is 7.72. The van der Waals surface area contributed by atoms with Gasteiger partial charge >= 0.3 is 11.7 Å². The van der Waals surface area contributed by atoms with Crippen molar-refractivity contribution >= 4 is 17.1 Å². The largest absolute Gasteiger partial charge is 0.469 e. The first-order chi connectivity index (χ1) is 14.5. The first kappa shape index (κ1) is 22.1. The lowest BCUT2D eigenvalue weighted by Crippen LogP contribution is -2.39. The minimum Gasteiger partial charge on any atom is -0.469 e. The topological polar surface area (TPSA) is 122 Å². The number of H-pyrrole nitrogens is 2. The Kier molecular flexibility index (Phi) is 7.67. The summed E-state index contributed by atoms with van der Waals surface area (Å²) in [7, 11) is 1.43. The van der Waals surface area contributed by atoms with Crippen molar-refractivity contribution in [3.63, 3.8) is 0 Å². The monoisotopic (exact) mass is 421 g/mol. The summed E-state index contributed by atoms with van der Waals surface area (Å²) >= 11 is 0. The predicted octanol–water partition coefficient (Wildman–Crippen LogP) is 1.26. The molecule has 0 amide bonds. The van der Waals surface area contributed by atoms with Crippen LogP contribution in [0.25, 0.3) is 11.2 Å². The zero-order valence-electron chi connectivity index (χ0n) is 17.7. The van der Waals surface area contributed by atoms with Crippen LogP contribution in [-0.4, -0.2) is 63.7 Å². The minimum atomic E-state index is -0.412. The molecule has 2 aromatic rings. The number of aryl methyl sites for hydroxylation is 1. The van der Waals surface area contributed by atoms with Crippen LogP contribution in [0.3, 0.4) is 0 Å². The van der Waals surface area contributed by atoms with E-state index in [9.17, 15) is 14.4 Å². The van der Waals surface area contributed by atoms with Crippen molar-refractivity contribution in [2.45, 2.75) is 52.0 Å². The van der Waals surface area contributed by atoms with Crippen LogP contribution in [0.2, 0.25) is 0 Å². The molecule has 0 aromatic carbocycles. The number of nitrogens with one attached hydrogen (secondary N) is 2. The highest BCUT2D eigenvalue weighted by molar-refractivity contribution is 5.72. The summed E-state index contributed by atoms with van der Waals surface area (Å²) < 4.78 is 11.9.